The molecule has 0 N–H and O–H groups in total. The number of ether oxygens (including phenoxy) is 2. The summed E-state index contributed by atoms with van der Waals surface area (Å²) in [5, 5.41) is 8.33. The van der Waals surface area contributed by atoms with E-state index in [1.54, 1.807) is 11.0 Å². The lowest BCUT2D eigenvalue weighted by Crippen LogP contribution is -2.54. The highest BCUT2D eigenvalue weighted by Gasteiger charge is 2.43. The minimum absolute atomic E-state index is 0.0453. The third-order valence-corrected chi connectivity index (χ3v) is 4.07. The highest BCUT2D eigenvalue weighted by atomic mass is 35.5. The Morgan fingerprint density at radius 1 is 1.35 bits per heavy atom. The fourth-order valence-corrected chi connectivity index (χ4v) is 3.00. The molecular formula is C15H21ClN4O3. The molecule has 1 amide bonds. The number of carbonyl (C=O) groups is 1. The monoisotopic (exact) mass is 340 g/mol. The minimum Gasteiger partial charge on any atom is -0.444 e. The third-order valence-electron chi connectivity index (χ3n) is 3.87. The van der Waals surface area contributed by atoms with E-state index < -0.39 is 5.60 Å². The molecule has 2 aliphatic rings. The maximum absolute atomic E-state index is 12.4. The maximum Gasteiger partial charge on any atom is 0.410 e. The van der Waals surface area contributed by atoms with Gasteiger partial charge in [0.2, 0.25) is 0 Å². The molecule has 1 aromatic heterocycles. The molecule has 2 atom stereocenters. The van der Waals surface area contributed by atoms with E-state index in [1.165, 1.54) is 0 Å². The van der Waals surface area contributed by atoms with Crippen LogP contribution in [-0.2, 0) is 9.47 Å². The minimum atomic E-state index is -0.509. The number of hydrogen-bond donors (Lipinski definition) is 0. The van der Waals surface area contributed by atoms with Crippen LogP contribution in [0.5, 0.6) is 0 Å². The SMILES string of the molecule is CC(C)(C)OC(=O)N1CCO[C@@H]2CN(c3ccc(Cl)nn3)C[C@H]21. The predicted molar refractivity (Wildman–Crippen MR) is 85.7 cm³/mol. The van der Waals surface area contributed by atoms with Crippen LogP contribution in [0, 0.1) is 0 Å². The Labute approximate surface area is 140 Å². The fraction of sp³-hybridized carbons (Fsp3) is 0.667. The van der Waals surface area contributed by atoms with Crippen LogP contribution in [0.1, 0.15) is 20.8 Å². The summed E-state index contributed by atoms with van der Waals surface area (Å²) < 4.78 is 11.3. The zero-order valence-corrected chi connectivity index (χ0v) is 14.3. The van der Waals surface area contributed by atoms with Gasteiger partial charge in [0.05, 0.1) is 18.8 Å². The standard InChI is InChI=1S/C15H21ClN4O3/c1-15(2,3)23-14(21)20-6-7-22-11-9-19(8-10(11)20)13-5-4-12(16)17-18-13/h4-5,10-11H,6-9H2,1-3H3/t10-,11-/m1/s1. The lowest BCUT2D eigenvalue weighted by molar-refractivity contribution is -0.0567. The van der Waals surface area contributed by atoms with Crippen molar-refractivity contribution in [2.75, 3.05) is 31.1 Å². The third kappa shape index (κ3) is 3.67. The van der Waals surface area contributed by atoms with E-state index >= 15 is 0 Å². The molecule has 2 saturated heterocycles. The van der Waals surface area contributed by atoms with Crippen molar-refractivity contribution in [3.05, 3.63) is 17.3 Å². The van der Waals surface area contributed by atoms with Crippen LogP contribution >= 0.6 is 11.6 Å². The number of nitrogens with zero attached hydrogens (tertiary/aromatic N) is 4. The van der Waals surface area contributed by atoms with Gasteiger partial charge in [-0.3, -0.25) is 4.90 Å². The van der Waals surface area contributed by atoms with Gasteiger partial charge in [-0.25, -0.2) is 4.79 Å². The number of fused-ring (bicyclic) bond motifs is 1. The Hall–Kier alpha value is -1.60. The van der Waals surface area contributed by atoms with Crippen LogP contribution in [0.15, 0.2) is 12.1 Å². The van der Waals surface area contributed by atoms with Gasteiger partial charge in [0.25, 0.3) is 0 Å². The molecule has 1 aromatic rings. The number of rotatable bonds is 1. The van der Waals surface area contributed by atoms with Crippen LogP contribution in [-0.4, -0.2) is 65.2 Å². The number of hydrogen-bond acceptors (Lipinski definition) is 6. The molecule has 3 rings (SSSR count). The van der Waals surface area contributed by atoms with Gasteiger partial charge in [0, 0.05) is 19.6 Å². The largest absolute Gasteiger partial charge is 0.444 e. The normalized spacial score (nSPS) is 24.5. The van der Waals surface area contributed by atoms with Crippen molar-refractivity contribution in [3.8, 4) is 0 Å². The van der Waals surface area contributed by atoms with Crippen LogP contribution in [0.2, 0.25) is 5.15 Å². The Morgan fingerprint density at radius 2 is 2.13 bits per heavy atom. The average molecular weight is 341 g/mol. The van der Waals surface area contributed by atoms with Crippen LogP contribution < -0.4 is 4.90 Å². The van der Waals surface area contributed by atoms with Crippen molar-refractivity contribution < 1.29 is 14.3 Å². The molecule has 0 bridgehead atoms. The van der Waals surface area contributed by atoms with Crippen molar-refractivity contribution >= 4 is 23.5 Å². The summed E-state index contributed by atoms with van der Waals surface area (Å²) in [5.41, 5.74) is -0.509. The summed E-state index contributed by atoms with van der Waals surface area (Å²) in [6, 6.07) is 3.49. The molecule has 2 fully saturated rings. The van der Waals surface area contributed by atoms with Gasteiger partial charge in [-0.2, -0.15) is 0 Å². The molecule has 3 heterocycles. The Balaban J connectivity index is 1.72. The number of halogens is 1. The molecule has 7 nitrogen and oxygen atoms in total. The second-order valence-electron chi connectivity index (χ2n) is 6.77. The predicted octanol–water partition coefficient (Wildman–Crippen LogP) is 1.95. The molecule has 0 radical (unpaired) electrons. The van der Waals surface area contributed by atoms with Gasteiger partial charge < -0.3 is 14.4 Å². The summed E-state index contributed by atoms with van der Waals surface area (Å²) in [7, 11) is 0. The van der Waals surface area contributed by atoms with Crippen LogP contribution in [0.25, 0.3) is 0 Å². The number of aromatic nitrogens is 2. The molecular weight excluding hydrogens is 320 g/mol. The first kappa shape index (κ1) is 16.3. The van der Waals surface area contributed by atoms with E-state index in [9.17, 15) is 4.79 Å². The van der Waals surface area contributed by atoms with Crippen molar-refractivity contribution in [2.45, 2.75) is 38.5 Å². The zero-order chi connectivity index (χ0) is 16.6. The number of carbonyl (C=O) groups excluding carboxylic acids is 1. The molecule has 0 unspecified atom stereocenters. The van der Waals surface area contributed by atoms with E-state index in [2.05, 4.69) is 15.1 Å². The van der Waals surface area contributed by atoms with Gasteiger partial charge in [0.15, 0.2) is 11.0 Å². The maximum atomic E-state index is 12.4. The molecule has 0 aliphatic carbocycles. The smallest absolute Gasteiger partial charge is 0.410 e. The van der Waals surface area contributed by atoms with Crippen molar-refractivity contribution in [2.24, 2.45) is 0 Å². The van der Waals surface area contributed by atoms with Gasteiger partial charge in [-0.1, -0.05) is 11.6 Å². The summed E-state index contributed by atoms with van der Waals surface area (Å²) in [6.45, 7) is 7.96. The number of amides is 1. The first-order chi connectivity index (χ1) is 10.8. The Morgan fingerprint density at radius 3 is 2.78 bits per heavy atom. The molecule has 0 aromatic carbocycles. The molecule has 0 saturated carbocycles. The van der Waals surface area contributed by atoms with Crippen LogP contribution in [0.4, 0.5) is 10.6 Å². The van der Waals surface area contributed by atoms with Crippen molar-refractivity contribution in [1.29, 1.82) is 0 Å². The first-order valence-corrected chi connectivity index (χ1v) is 8.07. The van der Waals surface area contributed by atoms with E-state index in [0.717, 1.165) is 5.82 Å². The molecule has 2 aliphatic heterocycles. The van der Waals surface area contributed by atoms with Crippen LogP contribution in [0.3, 0.4) is 0 Å². The Bertz CT molecular complexity index is 575. The summed E-state index contributed by atoms with van der Waals surface area (Å²) >= 11 is 5.78. The number of morpholine rings is 1. The van der Waals surface area contributed by atoms with E-state index in [4.69, 9.17) is 21.1 Å². The molecule has 8 heteroatoms. The van der Waals surface area contributed by atoms with E-state index in [1.807, 2.05) is 26.8 Å². The van der Waals surface area contributed by atoms with Gasteiger partial charge in [0.1, 0.15) is 5.60 Å². The summed E-state index contributed by atoms with van der Waals surface area (Å²) in [5.74, 6) is 0.733. The van der Waals surface area contributed by atoms with E-state index in [0.29, 0.717) is 31.4 Å². The first-order valence-electron chi connectivity index (χ1n) is 7.69. The Kier molecular flexibility index (Phi) is 4.33. The summed E-state index contributed by atoms with van der Waals surface area (Å²) in [6.07, 6.45) is -0.339. The molecule has 126 valence electrons. The van der Waals surface area contributed by atoms with Crippen molar-refractivity contribution in [3.63, 3.8) is 0 Å². The lowest BCUT2D eigenvalue weighted by atomic mass is 10.1. The average Bonchev–Trinajstić information content (AvgIpc) is 2.89. The quantitative estimate of drug-likeness (QED) is 0.778. The summed E-state index contributed by atoms with van der Waals surface area (Å²) in [4.78, 5) is 16.3. The highest BCUT2D eigenvalue weighted by Crippen LogP contribution is 2.27. The van der Waals surface area contributed by atoms with Gasteiger partial charge in [-0.05, 0) is 32.9 Å². The fourth-order valence-electron chi connectivity index (χ4n) is 2.90. The van der Waals surface area contributed by atoms with Crippen molar-refractivity contribution in [1.82, 2.24) is 15.1 Å². The highest BCUT2D eigenvalue weighted by molar-refractivity contribution is 6.29. The molecule has 0 spiro atoms. The number of anilines is 1. The van der Waals surface area contributed by atoms with E-state index in [-0.39, 0.29) is 18.2 Å². The topological polar surface area (TPSA) is 67.8 Å². The second kappa shape index (κ2) is 6.13. The van der Waals surface area contributed by atoms with Gasteiger partial charge in [-0.15, -0.1) is 10.2 Å². The zero-order valence-electron chi connectivity index (χ0n) is 13.5. The second-order valence-corrected chi connectivity index (χ2v) is 7.16. The molecule has 23 heavy (non-hydrogen) atoms. The van der Waals surface area contributed by atoms with Gasteiger partial charge >= 0.3 is 6.09 Å². The lowest BCUT2D eigenvalue weighted by Gasteiger charge is -2.37.